The quantitative estimate of drug-likeness (QED) is 0.794. The molecule has 1 saturated heterocycles. The Balaban J connectivity index is 2.36. The lowest BCUT2D eigenvalue weighted by molar-refractivity contribution is -0.107. The number of alkyl halides is 1. The van der Waals surface area contributed by atoms with Gasteiger partial charge in [0, 0.05) is 19.0 Å². The molecule has 1 aliphatic rings. The van der Waals surface area contributed by atoms with Crippen LogP contribution in [0.3, 0.4) is 0 Å². The molecule has 1 aromatic rings. The van der Waals surface area contributed by atoms with Gasteiger partial charge in [0.1, 0.15) is 0 Å². The van der Waals surface area contributed by atoms with E-state index in [9.17, 15) is 17.2 Å². The lowest BCUT2D eigenvalue weighted by Gasteiger charge is -2.41. The molecule has 21 heavy (non-hydrogen) atoms. The van der Waals surface area contributed by atoms with Crippen LogP contribution in [0.15, 0.2) is 23.1 Å². The van der Waals surface area contributed by atoms with Crippen LogP contribution in [0, 0.1) is 11.6 Å². The molecule has 0 radical (unpaired) electrons. The van der Waals surface area contributed by atoms with Gasteiger partial charge < -0.3 is 4.74 Å². The molecule has 0 aromatic heterocycles. The van der Waals surface area contributed by atoms with E-state index in [0.29, 0.717) is 6.07 Å². The summed E-state index contributed by atoms with van der Waals surface area (Å²) in [6.07, 6.45) is -0.449. The van der Waals surface area contributed by atoms with E-state index in [0.717, 1.165) is 12.1 Å². The lowest BCUT2D eigenvalue weighted by Crippen LogP contribution is -2.55. The Morgan fingerprint density at radius 2 is 2.05 bits per heavy atom. The number of ether oxygens (including phenoxy) is 1. The van der Waals surface area contributed by atoms with Crippen molar-refractivity contribution in [2.24, 2.45) is 0 Å². The summed E-state index contributed by atoms with van der Waals surface area (Å²) in [5.74, 6) is -2.14. The average molecular weight is 340 g/mol. The van der Waals surface area contributed by atoms with Crippen LogP contribution in [0.2, 0.25) is 0 Å². The molecule has 0 bridgehead atoms. The van der Waals surface area contributed by atoms with Crippen molar-refractivity contribution < 1.29 is 21.9 Å². The zero-order chi connectivity index (χ0) is 15.8. The van der Waals surface area contributed by atoms with Crippen LogP contribution in [0.25, 0.3) is 0 Å². The van der Waals surface area contributed by atoms with Gasteiger partial charge in [-0.3, -0.25) is 0 Å². The van der Waals surface area contributed by atoms with Crippen molar-refractivity contribution in [1.82, 2.24) is 4.31 Å². The molecule has 1 fully saturated rings. The van der Waals surface area contributed by atoms with E-state index in [-0.39, 0.29) is 23.9 Å². The summed E-state index contributed by atoms with van der Waals surface area (Å²) in [5, 5.41) is 0. The first kappa shape index (κ1) is 16.6. The topological polar surface area (TPSA) is 46.6 Å². The number of morpholine rings is 1. The van der Waals surface area contributed by atoms with E-state index >= 15 is 0 Å². The van der Waals surface area contributed by atoms with Crippen LogP contribution >= 0.6 is 11.6 Å². The Labute approximate surface area is 127 Å². The minimum atomic E-state index is -3.93. The molecule has 0 spiro atoms. The van der Waals surface area contributed by atoms with Crippen LogP contribution < -0.4 is 0 Å². The SMILES string of the molecule is CC1(C)CN(S(=O)(=O)c2ccc(F)c(F)c2)CC(CCl)O1. The van der Waals surface area contributed by atoms with Crippen molar-refractivity contribution >= 4 is 21.6 Å². The smallest absolute Gasteiger partial charge is 0.243 e. The number of hydrogen-bond acceptors (Lipinski definition) is 3. The monoisotopic (exact) mass is 339 g/mol. The molecule has 1 unspecified atom stereocenters. The largest absolute Gasteiger partial charge is 0.368 e. The summed E-state index contributed by atoms with van der Waals surface area (Å²) in [6.45, 7) is 3.69. The van der Waals surface area contributed by atoms with E-state index in [1.165, 1.54) is 4.31 Å². The van der Waals surface area contributed by atoms with Gasteiger partial charge in [-0.2, -0.15) is 4.31 Å². The molecular weight excluding hydrogens is 324 g/mol. The zero-order valence-electron chi connectivity index (χ0n) is 11.6. The van der Waals surface area contributed by atoms with E-state index in [2.05, 4.69) is 0 Å². The molecule has 8 heteroatoms. The van der Waals surface area contributed by atoms with Crippen LogP contribution in [0.4, 0.5) is 8.78 Å². The Hall–Kier alpha value is -0.760. The van der Waals surface area contributed by atoms with Gasteiger partial charge in [-0.05, 0) is 32.0 Å². The fourth-order valence-corrected chi connectivity index (χ4v) is 4.09. The van der Waals surface area contributed by atoms with Gasteiger partial charge in [0.15, 0.2) is 11.6 Å². The highest BCUT2D eigenvalue weighted by atomic mass is 35.5. The first-order valence-electron chi connectivity index (χ1n) is 6.35. The maximum atomic E-state index is 13.3. The van der Waals surface area contributed by atoms with E-state index in [1.807, 2.05) is 0 Å². The lowest BCUT2D eigenvalue weighted by atomic mass is 10.1. The highest BCUT2D eigenvalue weighted by Gasteiger charge is 2.39. The highest BCUT2D eigenvalue weighted by molar-refractivity contribution is 7.89. The minimum absolute atomic E-state index is 0.0776. The summed E-state index contributed by atoms with van der Waals surface area (Å²) in [5.41, 5.74) is -0.705. The summed E-state index contributed by atoms with van der Waals surface area (Å²) in [4.78, 5) is -0.285. The molecular formula is C13H16ClF2NO3S. The van der Waals surface area contributed by atoms with Crippen molar-refractivity contribution in [1.29, 1.82) is 0 Å². The Bertz CT molecular complexity index is 636. The average Bonchev–Trinajstić information content (AvgIpc) is 2.39. The van der Waals surface area contributed by atoms with Gasteiger partial charge in [0.25, 0.3) is 0 Å². The van der Waals surface area contributed by atoms with Crippen molar-refractivity contribution in [3.05, 3.63) is 29.8 Å². The number of nitrogens with zero attached hydrogens (tertiary/aromatic N) is 1. The van der Waals surface area contributed by atoms with E-state index < -0.39 is 33.4 Å². The fourth-order valence-electron chi connectivity index (χ4n) is 2.29. The van der Waals surface area contributed by atoms with Crippen molar-refractivity contribution in [3.63, 3.8) is 0 Å². The number of rotatable bonds is 3. The second kappa shape index (κ2) is 5.79. The first-order valence-corrected chi connectivity index (χ1v) is 8.32. The third kappa shape index (κ3) is 3.53. The minimum Gasteiger partial charge on any atom is -0.368 e. The summed E-state index contributed by atoms with van der Waals surface area (Å²) < 4.78 is 58.1. The normalized spacial score (nSPS) is 23.2. The molecule has 0 saturated carbocycles. The molecule has 1 aliphatic heterocycles. The third-order valence-corrected chi connectivity index (χ3v) is 5.30. The molecule has 1 aromatic carbocycles. The van der Waals surface area contributed by atoms with Gasteiger partial charge in [-0.1, -0.05) is 0 Å². The Kier molecular flexibility index (Phi) is 4.58. The standard InChI is InChI=1S/C13H16ClF2NO3S/c1-13(2)8-17(7-9(6-14)20-13)21(18,19)10-3-4-11(15)12(16)5-10/h3-5,9H,6-8H2,1-2H3. The molecule has 118 valence electrons. The van der Waals surface area contributed by atoms with Gasteiger partial charge in [-0.15, -0.1) is 11.6 Å². The first-order chi connectivity index (χ1) is 9.65. The third-order valence-electron chi connectivity index (χ3n) is 3.15. The van der Waals surface area contributed by atoms with Crippen molar-refractivity contribution in [2.75, 3.05) is 19.0 Å². The predicted octanol–water partition coefficient (Wildman–Crippen LogP) is 2.37. The molecule has 1 atom stereocenters. The van der Waals surface area contributed by atoms with E-state index in [1.54, 1.807) is 13.8 Å². The highest BCUT2D eigenvalue weighted by Crippen LogP contribution is 2.27. The number of halogens is 3. The van der Waals surface area contributed by atoms with Gasteiger partial charge in [-0.25, -0.2) is 17.2 Å². The van der Waals surface area contributed by atoms with Gasteiger partial charge in [0.2, 0.25) is 10.0 Å². The maximum Gasteiger partial charge on any atom is 0.243 e. The fraction of sp³-hybridized carbons (Fsp3) is 0.538. The molecule has 0 N–H and O–H groups in total. The molecule has 0 amide bonds. The summed E-state index contributed by atoms with van der Waals surface area (Å²) >= 11 is 5.76. The van der Waals surface area contributed by atoms with Gasteiger partial charge >= 0.3 is 0 Å². The number of sulfonamides is 1. The predicted molar refractivity (Wildman–Crippen MR) is 74.8 cm³/mol. The van der Waals surface area contributed by atoms with Crippen LogP contribution in [0.1, 0.15) is 13.8 Å². The van der Waals surface area contributed by atoms with Crippen LogP contribution in [-0.2, 0) is 14.8 Å². The van der Waals surface area contributed by atoms with Gasteiger partial charge in [0.05, 0.1) is 16.6 Å². The second-order valence-corrected chi connectivity index (χ2v) is 7.77. The Morgan fingerprint density at radius 3 is 2.62 bits per heavy atom. The van der Waals surface area contributed by atoms with Crippen LogP contribution in [-0.4, -0.2) is 43.4 Å². The summed E-state index contributed by atoms with van der Waals surface area (Å²) in [7, 11) is -3.93. The van der Waals surface area contributed by atoms with E-state index in [4.69, 9.17) is 16.3 Å². The zero-order valence-corrected chi connectivity index (χ0v) is 13.2. The summed E-state index contributed by atoms with van der Waals surface area (Å²) in [6, 6.07) is 2.53. The molecule has 4 nitrogen and oxygen atoms in total. The number of benzene rings is 1. The molecule has 0 aliphatic carbocycles. The Morgan fingerprint density at radius 1 is 1.38 bits per heavy atom. The maximum absolute atomic E-state index is 13.3. The molecule has 2 rings (SSSR count). The number of hydrogen-bond donors (Lipinski definition) is 0. The van der Waals surface area contributed by atoms with Crippen molar-refractivity contribution in [3.8, 4) is 0 Å². The second-order valence-electron chi connectivity index (χ2n) is 5.53. The van der Waals surface area contributed by atoms with Crippen molar-refractivity contribution in [2.45, 2.75) is 30.4 Å². The van der Waals surface area contributed by atoms with Crippen LogP contribution in [0.5, 0.6) is 0 Å². The molecule has 1 heterocycles.